The largest absolute Gasteiger partial charge is 0.478 e. The van der Waals surface area contributed by atoms with E-state index in [-0.39, 0.29) is 11.5 Å². The Kier molecular flexibility index (Phi) is 4.19. The number of halogens is 1. The maximum atomic E-state index is 12.1. The molecule has 1 aromatic carbocycles. The molecule has 0 fully saturated rings. The van der Waals surface area contributed by atoms with Gasteiger partial charge in [-0.3, -0.25) is 9.48 Å². The first-order chi connectivity index (χ1) is 9.49. The van der Waals surface area contributed by atoms with E-state index in [4.69, 9.17) is 5.11 Å². The van der Waals surface area contributed by atoms with Gasteiger partial charge in [-0.1, -0.05) is 0 Å². The zero-order chi connectivity index (χ0) is 14.7. The molecule has 7 heteroatoms. The Hall–Kier alpha value is -2.15. The second-order valence-electron chi connectivity index (χ2n) is 4.15. The number of aromatic nitrogens is 2. The van der Waals surface area contributed by atoms with Crippen molar-refractivity contribution in [1.82, 2.24) is 9.78 Å². The molecular formula is C13H12BrN3O3. The third-order valence-electron chi connectivity index (χ3n) is 2.78. The normalized spacial score (nSPS) is 11.9. The Morgan fingerprint density at radius 2 is 2.20 bits per heavy atom. The third-order valence-corrected chi connectivity index (χ3v) is 3.43. The average Bonchev–Trinajstić information content (AvgIpc) is 2.93. The number of hydrogen-bond acceptors (Lipinski definition) is 3. The standard InChI is InChI=1S/C13H12BrN3O3/c1-8(17-6-2-5-15-17)12(18)16-11-4-3-9(13(19)20)7-10(11)14/h2-8H,1H3,(H,16,18)(H,19,20). The molecule has 0 saturated heterocycles. The van der Waals surface area contributed by atoms with Crippen LogP contribution in [0.15, 0.2) is 41.1 Å². The SMILES string of the molecule is CC(C(=O)Nc1ccc(C(=O)O)cc1Br)n1cccn1. The summed E-state index contributed by atoms with van der Waals surface area (Å²) < 4.78 is 2.05. The van der Waals surface area contributed by atoms with Crippen LogP contribution in [0.3, 0.4) is 0 Å². The Labute approximate surface area is 123 Å². The molecule has 0 spiro atoms. The number of amides is 1. The maximum Gasteiger partial charge on any atom is 0.335 e. The van der Waals surface area contributed by atoms with Gasteiger partial charge in [0.25, 0.3) is 0 Å². The summed E-state index contributed by atoms with van der Waals surface area (Å²) in [5, 5.41) is 15.6. The number of rotatable bonds is 4. The number of aromatic carboxylic acids is 1. The second kappa shape index (κ2) is 5.87. The molecule has 1 unspecified atom stereocenters. The van der Waals surface area contributed by atoms with E-state index in [1.165, 1.54) is 16.8 Å². The van der Waals surface area contributed by atoms with E-state index < -0.39 is 12.0 Å². The van der Waals surface area contributed by atoms with E-state index in [1.807, 2.05) is 0 Å². The van der Waals surface area contributed by atoms with Crippen molar-refractivity contribution in [3.05, 3.63) is 46.7 Å². The van der Waals surface area contributed by atoms with Crippen LogP contribution in [0.1, 0.15) is 23.3 Å². The van der Waals surface area contributed by atoms with Crippen LogP contribution in [0, 0.1) is 0 Å². The summed E-state index contributed by atoms with van der Waals surface area (Å²) in [5.41, 5.74) is 0.661. The highest BCUT2D eigenvalue weighted by molar-refractivity contribution is 9.10. The highest BCUT2D eigenvalue weighted by Gasteiger charge is 2.16. The zero-order valence-corrected chi connectivity index (χ0v) is 12.2. The quantitative estimate of drug-likeness (QED) is 0.897. The second-order valence-corrected chi connectivity index (χ2v) is 5.01. The number of carbonyl (C=O) groups excluding carboxylic acids is 1. The molecule has 20 heavy (non-hydrogen) atoms. The number of nitrogens with one attached hydrogen (secondary N) is 1. The van der Waals surface area contributed by atoms with Gasteiger partial charge >= 0.3 is 5.97 Å². The first-order valence-electron chi connectivity index (χ1n) is 5.82. The lowest BCUT2D eigenvalue weighted by molar-refractivity contribution is -0.119. The third kappa shape index (κ3) is 3.05. The van der Waals surface area contributed by atoms with Crippen molar-refractivity contribution in [1.29, 1.82) is 0 Å². The molecule has 1 aromatic heterocycles. The molecular weight excluding hydrogens is 326 g/mol. The fourth-order valence-electron chi connectivity index (χ4n) is 1.62. The highest BCUT2D eigenvalue weighted by Crippen LogP contribution is 2.24. The molecule has 0 saturated carbocycles. The minimum Gasteiger partial charge on any atom is -0.478 e. The van der Waals surface area contributed by atoms with Gasteiger partial charge in [-0.15, -0.1) is 0 Å². The highest BCUT2D eigenvalue weighted by atomic mass is 79.9. The van der Waals surface area contributed by atoms with Crippen LogP contribution >= 0.6 is 15.9 Å². The molecule has 6 nitrogen and oxygen atoms in total. The van der Waals surface area contributed by atoms with Crippen LogP contribution in [0.25, 0.3) is 0 Å². The summed E-state index contributed by atoms with van der Waals surface area (Å²) >= 11 is 3.24. The van der Waals surface area contributed by atoms with Gasteiger partial charge < -0.3 is 10.4 Å². The lowest BCUT2D eigenvalue weighted by Crippen LogP contribution is -2.24. The van der Waals surface area contributed by atoms with Crippen molar-refractivity contribution in [3.8, 4) is 0 Å². The summed E-state index contributed by atoms with van der Waals surface area (Å²) in [6.07, 6.45) is 3.30. The number of carboxylic acids is 1. The monoisotopic (exact) mass is 337 g/mol. The molecule has 0 radical (unpaired) electrons. The molecule has 0 aliphatic rings. The molecule has 2 aromatic rings. The number of hydrogen-bond donors (Lipinski definition) is 2. The van der Waals surface area contributed by atoms with Crippen LogP contribution in [0.5, 0.6) is 0 Å². The molecule has 2 N–H and O–H groups in total. The lowest BCUT2D eigenvalue weighted by Gasteiger charge is -2.13. The van der Waals surface area contributed by atoms with Crippen molar-refractivity contribution in [3.63, 3.8) is 0 Å². The molecule has 104 valence electrons. The number of carboxylic acid groups (broad SMARTS) is 1. The summed E-state index contributed by atoms with van der Waals surface area (Å²) in [6.45, 7) is 1.72. The molecule has 1 atom stereocenters. The molecule has 0 bridgehead atoms. The summed E-state index contributed by atoms with van der Waals surface area (Å²) in [4.78, 5) is 22.9. The fourth-order valence-corrected chi connectivity index (χ4v) is 2.09. The number of nitrogens with zero attached hydrogens (tertiary/aromatic N) is 2. The van der Waals surface area contributed by atoms with Gasteiger partial charge in [-0.05, 0) is 47.1 Å². The summed E-state index contributed by atoms with van der Waals surface area (Å²) in [6, 6.07) is 5.69. The van der Waals surface area contributed by atoms with Crippen molar-refractivity contribution in [2.24, 2.45) is 0 Å². The van der Waals surface area contributed by atoms with Gasteiger partial charge in [0.15, 0.2) is 0 Å². The summed E-state index contributed by atoms with van der Waals surface area (Å²) in [5.74, 6) is -1.26. The van der Waals surface area contributed by atoms with Crippen LogP contribution in [0.4, 0.5) is 5.69 Å². The van der Waals surface area contributed by atoms with E-state index in [0.29, 0.717) is 10.2 Å². The van der Waals surface area contributed by atoms with E-state index in [2.05, 4.69) is 26.3 Å². The Morgan fingerprint density at radius 1 is 1.45 bits per heavy atom. The van der Waals surface area contributed by atoms with E-state index in [0.717, 1.165) is 0 Å². The number of carbonyl (C=O) groups is 2. The van der Waals surface area contributed by atoms with Gasteiger partial charge in [0.1, 0.15) is 6.04 Å². The number of benzene rings is 1. The van der Waals surface area contributed by atoms with Crippen LogP contribution in [-0.4, -0.2) is 26.8 Å². The first-order valence-corrected chi connectivity index (χ1v) is 6.61. The Balaban J connectivity index is 2.14. The molecule has 0 aliphatic heterocycles. The molecule has 1 heterocycles. The van der Waals surface area contributed by atoms with Gasteiger partial charge in [-0.25, -0.2) is 4.79 Å². The lowest BCUT2D eigenvalue weighted by atomic mass is 10.2. The Bertz CT molecular complexity index is 640. The zero-order valence-electron chi connectivity index (χ0n) is 10.6. The van der Waals surface area contributed by atoms with E-state index in [9.17, 15) is 9.59 Å². The summed E-state index contributed by atoms with van der Waals surface area (Å²) in [7, 11) is 0. The molecule has 0 aliphatic carbocycles. The van der Waals surface area contributed by atoms with Crippen molar-refractivity contribution in [2.45, 2.75) is 13.0 Å². The van der Waals surface area contributed by atoms with Crippen LogP contribution < -0.4 is 5.32 Å². The van der Waals surface area contributed by atoms with Gasteiger partial charge in [0.2, 0.25) is 5.91 Å². The van der Waals surface area contributed by atoms with E-state index >= 15 is 0 Å². The van der Waals surface area contributed by atoms with Crippen molar-refractivity contribution < 1.29 is 14.7 Å². The van der Waals surface area contributed by atoms with E-state index in [1.54, 1.807) is 31.5 Å². The predicted octanol–water partition coefficient (Wildman–Crippen LogP) is 2.54. The van der Waals surface area contributed by atoms with Crippen molar-refractivity contribution >= 4 is 33.5 Å². The fraction of sp³-hybridized carbons (Fsp3) is 0.154. The first kappa shape index (κ1) is 14.3. The van der Waals surface area contributed by atoms with Crippen LogP contribution in [-0.2, 0) is 4.79 Å². The Morgan fingerprint density at radius 3 is 2.75 bits per heavy atom. The van der Waals surface area contributed by atoms with Gasteiger partial charge in [0, 0.05) is 16.9 Å². The molecule has 2 rings (SSSR count). The molecule has 1 amide bonds. The maximum absolute atomic E-state index is 12.1. The average molecular weight is 338 g/mol. The van der Waals surface area contributed by atoms with Gasteiger partial charge in [0.05, 0.1) is 11.3 Å². The smallest absolute Gasteiger partial charge is 0.335 e. The van der Waals surface area contributed by atoms with Crippen molar-refractivity contribution in [2.75, 3.05) is 5.32 Å². The van der Waals surface area contributed by atoms with Crippen LogP contribution in [0.2, 0.25) is 0 Å². The number of anilines is 1. The topological polar surface area (TPSA) is 84.2 Å². The predicted molar refractivity (Wildman–Crippen MR) is 76.7 cm³/mol. The minimum absolute atomic E-state index is 0.148. The van der Waals surface area contributed by atoms with Gasteiger partial charge in [-0.2, -0.15) is 5.10 Å². The minimum atomic E-state index is -1.02.